The number of sulfonamides is 1. The van der Waals surface area contributed by atoms with Crippen molar-refractivity contribution < 1.29 is 34.7 Å². The van der Waals surface area contributed by atoms with Crippen molar-refractivity contribution in [1.29, 1.82) is 0 Å². The summed E-state index contributed by atoms with van der Waals surface area (Å²) in [6.07, 6.45) is -0.889. The Balaban J connectivity index is 1.31. The first-order valence-electron chi connectivity index (χ1n) is 14.6. The van der Waals surface area contributed by atoms with Crippen molar-refractivity contribution in [1.82, 2.24) is 9.47 Å². The van der Waals surface area contributed by atoms with Crippen LogP contribution < -0.4 is 20.5 Å². The molecule has 2 heterocycles. The monoisotopic (exact) mass is 667 g/mol. The standard InChI is InChI=1S/C30H36F3N5O5S2/c1-43-29-19-24(45(34,41)42)11-12-27(29)35-13-3-4-23-18-25-26(5-2-6-28(25)38(23)20-30(31,32)33)36-21-7-9-22(10-8-21)37-14-16-44(39,40)17-15-37/h2,5-6,11-12,18-19,21-22,35-36H,7-10,13-17,20H2,1H3,(H2,34,41,42)/t21-,22-. The second-order valence-electron chi connectivity index (χ2n) is 11.4. The van der Waals surface area contributed by atoms with Crippen LogP contribution in [0.1, 0.15) is 31.4 Å². The van der Waals surface area contributed by atoms with Gasteiger partial charge >= 0.3 is 6.18 Å². The summed E-state index contributed by atoms with van der Waals surface area (Å²) < 4.78 is 94.2. The van der Waals surface area contributed by atoms with Crippen molar-refractivity contribution in [3.63, 3.8) is 0 Å². The Morgan fingerprint density at radius 2 is 1.76 bits per heavy atom. The summed E-state index contributed by atoms with van der Waals surface area (Å²) in [6.45, 7) is -0.0173. The SMILES string of the molecule is COc1cc(S(N)(=O)=O)ccc1NCC#Cc1cc2c(N[C@H]3CC[C@H](N4CCS(=O)(=O)CC4)CC3)cccc2n1CC(F)(F)F. The van der Waals surface area contributed by atoms with Crippen LogP contribution in [0.2, 0.25) is 0 Å². The third kappa shape index (κ3) is 8.23. The molecule has 2 fully saturated rings. The maximum absolute atomic E-state index is 13.6. The van der Waals surface area contributed by atoms with Gasteiger partial charge in [-0.3, -0.25) is 4.90 Å². The van der Waals surface area contributed by atoms with Crippen molar-refractivity contribution in [2.45, 2.75) is 55.4 Å². The van der Waals surface area contributed by atoms with Crippen molar-refractivity contribution in [3.05, 3.63) is 48.2 Å². The van der Waals surface area contributed by atoms with Gasteiger partial charge in [0.25, 0.3) is 0 Å². The molecule has 2 aromatic carbocycles. The molecule has 0 atom stereocenters. The first kappa shape index (κ1) is 32.9. The molecule has 5 rings (SSSR count). The minimum atomic E-state index is -4.46. The van der Waals surface area contributed by atoms with Gasteiger partial charge in [0, 0.05) is 42.3 Å². The third-order valence-electron chi connectivity index (χ3n) is 8.32. The van der Waals surface area contributed by atoms with Gasteiger partial charge in [-0.2, -0.15) is 13.2 Å². The molecule has 0 spiro atoms. The van der Waals surface area contributed by atoms with Crippen LogP contribution in [0.3, 0.4) is 0 Å². The van der Waals surface area contributed by atoms with E-state index in [1.165, 1.54) is 25.3 Å². The van der Waals surface area contributed by atoms with Crippen molar-refractivity contribution in [2.75, 3.05) is 48.9 Å². The number of halogens is 3. The highest BCUT2D eigenvalue weighted by molar-refractivity contribution is 7.91. The number of anilines is 2. The highest BCUT2D eigenvalue weighted by Gasteiger charge is 2.32. The third-order valence-corrected chi connectivity index (χ3v) is 10.8. The Morgan fingerprint density at radius 3 is 2.40 bits per heavy atom. The summed E-state index contributed by atoms with van der Waals surface area (Å²) in [7, 11) is -5.49. The van der Waals surface area contributed by atoms with E-state index < -0.39 is 32.6 Å². The molecule has 3 aromatic rings. The number of nitrogens with zero attached hydrogens (tertiary/aromatic N) is 2. The molecule has 10 nitrogen and oxygen atoms in total. The topological polar surface area (TPSA) is 136 Å². The first-order valence-corrected chi connectivity index (χ1v) is 17.9. The van der Waals surface area contributed by atoms with E-state index in [0.717, 1.165) is 35.9 Å². The summed E-state index contributed by atoms with van der Waals surface area (Å²) in [4.78, 5) is 2.15. The molecule has 2 aliphatic rings. The lowest BCUT2D eigenvalue weighted by atomic mass is 9.90. The number of methoxy groups -OCH3 is 1. The molecule has 0 radical (unpaired) electrons. The lowest BCUT2D eigenvalue weighted by Crippen LogP contribution is -2.48. The summed E-state index contributed by atoms with van der Waals surface area (Å²) in [6, 6.07) is 11.4. The van der Waals surface area contributed by atoms with Gasteiger partial charge in [-0.05, 0) is 61.9 Å². The largest absolute Gasteiger partial charge is 0.495 e. The average Bonchev–Trinajstić information content (AvgIpc) is 3.32. The number of hydrogen-bond donors (Lipinski definition) is 3. The van der Waals surface area contributed by atoms with Gasteiger partial charge in [0.2, 0.25) is 10.0 Å². The zero-order valence-corrected chi connectivity index (χ0v) is 26.4. The van der Waals surface area contributed by atoms with E-state index >= 15 is 0 Å². The van der Waals surface area contributed by atoms with Gasteiger partial charge in [-0.1, -0.05) is 12.0 Å². The van der Waals surface area contributed by atoms with Crippen molar-refractivity contribution >= 4 is 42.1 Å². The number of rotatable bonds is 8. The molecule has 1 aliphatic carbocycles. The maximum Gasteiger partial charge on any atom is 0.406 e. The second kappa shape index (κ2) is 13.1. The molecule has 1 saturated carbocycles. The van der Waals surface area contributed by atoms with Gasteiger partial charge in [0.15, 0.2) is 9.84 Å². The summed E-state index contributed by atoms with van der Waals surface area (Å²) in [5.74, 6) is 6.36. The van der Waals surface area contributed by atoms with Gasteiger partial charge in [-0.15, -0.1) is 0 Å². The van der Waals surface area contributed by atoms with Crippen LogP contribution in [0, 0.1) is 11.8 Å². The Hall–Kier alpha value is -3.45. The average molecular weight is 668 g/mol. The predicted molar refractivity (Wildman–Crippen MR) is 168 cm³/mol. The van der Waals surface area contributed by atoms with Crippen LogP contribution >= 0.6 is 0 Å². The highest BCUT2D eigenvalue weighted by Crippen LogP contribution is 2.33. The smallest absolute Gasteiger partial charge is 0.406 e. The molecule has 0 bridgehead atoms. The van der Waals surface area contributed by atoms with E-state index in [1.54, 1.807) is 18.2 Å². The van der Waals surface area contributed by atoms with Gasteiger partial charge in [0.05, 0.1) is 47.0 Å². The van der Waals surface area contributed by atoms with Gasteiger partial charge in [-0.25, -0.2) is 22.0 Å². The molecule has 4 N–H and O–H groups in total. The number of benzene rings is 2. The molecule has 1 aliphatic heterocycles. The predicted octanol–water partition coefficient (Wildman–Crippen LogP) is 3.78. The lowest BCUT2D eigenvalue weighted by molar-refractivity contribution is -0.140. The summed E-state index contributed by atoms with van der Waals surface area (Å²) >= 11 is 0. The molecule has 45 heavy (non-hydrogen) atoms. The Bertz CT molecular complexity index is 1810. The Kier molecular flexibility index (Phi) is 9.60. The number of nitrogens with two attached hydrogens (primary N) is 1. The molecule has 0 unspecified atom stereocenters. The van der Waals surface area contributed by atoms with E-state index in [1.807, 2.05) is 6.07 Å². The van der Waals surface area contributed by atoms with E-state index in [0.29, 0.717) is 35.7 Å². The van der Waals surface area contributed by atoms with Crippen molar-refractivity contribution in [2.24, 2.45) is 5.14 Å². The summed E-state index contributed by atoms with van der Waals surface area (Å²) in [5.41, 5.74) is 1.81. The van der Waals surface area contributed by atoms with Crippen LogP contribution in [0.5, 0.6) is 5.75 Å². The quantitative estimate of drug-likeness (QED) is 0.309. The number of aromatic nitrogens is 1. The van der Waals surface area contributed by atoms with Crippen LogP contribution in [0.15, 0.2) is 47.4 Å². The van der Waals surface area contributed by atoms with E-state index in [9.17, 15) is 30.0 Å². The van der Waals surface area contributed by atoms with Crippen LogP contribution in [0.25, 0.3) is 10.9 Å². The number of fused-ring (bicyclic) bond motifs is 1. The Labute approximate surface area is 261 Å². The lowest BCUT2D eigenvalue weighted by Gasteiger charge is -2.39. The van der Waals surface area contributed by atoms with Crippen LogP contribution in [-0.4, -0.2) is 82.8 Å². The molecule has 15 heteroatoms. The zero-order chi connectivity index (χ0) is 32.4. The fraction of sp³-hybridized carbons (Fsp3) is 0.467. The van der Waals surface area contributed by atoms with Gasteiger partial charge < -0.3 is 19.9 Å². The molecule has 1 aromatic heterocycles. The molecular weight excluding hydrogens is 631 g/mol. The fourth-order valence-corrected chi connectivity index (χ4v) is 7.79. The molecule has 0 amide bonds. The minimum absolute atomic E-state index is 0.0515. The van der Waals surface area contributed by atoms with Crippen LogP contribution in [-0.2, 0) is 26.4 Å². The van der Waals surface area contributed by atoms with E-state index in [-0.39, 0.29) is 40.4 Å². The maximum atomic E-state index is 13.6. The highest BCUT2D eigenvalue weighted by atomic mass is 32.2. The number of primary sulfonamides is 1. The number of sulfone groups is 1. The number of ether oxygens (including phenoxy) is 1. The molecule has 244 valence electrons. The number of alkyl halides is 3. The van der Waals surface area contributed by atoms with E-state index in [4.69, 9.17) is 9.88 Å². The number of nitrogens with one attached hydrogen (secondary N) is 2. The molecule has 1 saturated heterocycles. The Morgan fingerprint density at radius 1 is 1.04 bits per heavy atom. The van der Waals surface area contributed by atoms with Gasteiger partial charge in [0.1, 0.15) is 12.3 Å². The fourth-order valence-electron chi connectivity index (χ4n) is 6.03. The van der Waals surface area contributed by atoms with E-state index in [2.05, 4.69) is 27.4 Å². The molecular formula is C30H36F3N5O5S2. The zero-order valence-electron chi connectivity index (χ0n) is 24.7. The number of hydrogen-bond acceptors (Lipinski definition) is 8. The first-order chi connectivity index (χ1) is 21.2. The summed E-state index contributed by atoms with van der Waals surface area (Å²) in [5, 5.41) is 12.4. The van der Waals surface area contributed by atoms with Crippen molar-refractivity contribution in [3.8, 4) is 17.6 Å². The minimum Gasteiger partial charge on any atom is -0.495 e. The normalized spacial score (nSPS) is 20.7. The van der Waals surface area contributed by atoms with Crippen LogP contribution in [0.4, 0.5) is 24.5 Å². The second-order valence-corrected chi connectivity index (χ2v) is 15.2.